The molecule has 1 amide bonds. The molecule has 0 bridgehead atoms. The highest BCUT2D eigenvalue weighted by molar-refractivity contribution is 9.10. The summed E-state index contributed by atoms with van der Waals surface area (Å²) in [4.78, 5) is 12.0. The van der Waals surface area contributed by atoms with E-state index < -0.39 is 0 Å². The molecule has 1 N–H and O–H groups in total. The molecule has 100 valence electrons. The lowest BCUT2D eigenvalue weighted by atomic mass is 9.89. The Kier molecular flexibility index (Phi) is 5.82. The van der Waals surface area contributed by atoms with Gasteiger partial charge in [-0.05, 0) is 30.0 Å². The van der Waals surface area contributed by atoms with Gasteiger partial charge in [0.2, 0.25) is 0 Å². The van der Waals surface area contributed by atoms with Gasteiger partial charge in [-0.1, -0.05) is 35.8 Å². The first-order valence-corrected chi connectivity index (χ1v) is 6.77. The molecule has 0 aliphatic carbocycles. The Morgan fingerprint density at radius 1 is 1.44 bits per heavy atom. The zero-order valence-corrected chi connectivity index (χ0v) is 12.7. The van der Waals surface area contributed by atoms with E-state index in [2.05, 4.69) is 35.1 Å². The van der Waals surface area contributed by atoms with Crippen LogP contribution in [0, 0.1) is 5.41 Å². The van der Waals surface area contributed by atoms with Crippen molar-refractivity contribution in [2.24, 2.45) is 5.41 Å². The molecular formula is C14H20BrNO2. The first-order valence-electron chi connectivity index (χ1n) is 5.97. The second kappa shape index (κ2) is 6.90. The molecule has 0 radical (unpaired) electrons. The molecule has 0 saturated carbocycles. The molecule has 0 saturated heterocycles. The largest absolute Gasteiger partial charge is 0.385 e. The molecule has 0 heterocycles. The summed E-state index contributed by atoms with van der Waals surface area (Å²) in [7, 11) is 1.69. The summed E-state index contributed by atoms with van der Waals surface area (Å²) in [5.41, 5.74) is 0.712. The minimum Gasteiger partial charge on any atom is -0.385 e. The fourth-order valence-corrected chi connectivity index (χ4v) is 1.92. The van der Waals surface area contributed by atoms with Gasteiger partial charge in [0.1, 0.15) is 0 Å². The number of rotatable bonds is 6. The summed E-state index contributed by atoms with van der Waals surface area (Å²) < 4.78 is 5.98. The van der Waals surface area contributed by atoms with E-state index in [1.807, 2.05) is 24.3 Å². The highest BCUT2D eigenvalue weighted by atomic mass is 79.9. The minimum atomic E-state index is -0.0400. The van der Waals surface area contributed by atoms with Crippen molar-refractivity contribution in [1.82, 2.24) is 5.32 Å². The molecule has 0 unspecified atom stereocenters. The number of benzene rings is 1. The van der Waals surface area contributed by atoms with Crippen molar-refractivity contribution in [2.45, 2.75) is 20.3 Å². The predicted molar refractivity (Wildman–Crippen MR) is 76.7 cm³/mol. The molecule has 4 heteroatoms. The maximum atomic E-state index is 12.0. The van der Waals surface area contributed by atoms with Crippen molar-refractivity contribution in [3.05, 3.63) is 34.3 Å². The normalized spacial score (nSPS) is 11.3. The number of amides is 1. The summed E-state index contributed by atoms with van der Waals surface area (Å²) in [6.45, 7) is 5.59. The number of hydrogen-bond acceptors (Lipinski definition) is 2. The SMILES string of the molecule is COCCC(C)(C)CNC(=O)c1cccc(Br)c1. The third-order valence-corrected chi connectivity index (χ3v) is 3.29. The molecular weight excluding hydrogens is 294 g/mol. The lowest BCUT2D eigenvalue weighted by Gasteiger charge is -2.24. The van der Waals surface area contributed by atoms with Gasteiger partial charge in [-0.15, -0.1) is 0 Å². The van der Waals surface area contributed by atoms with Crippen molar-refractivity contribution in [3.8, 4) is 0 Å². The molecule has 3 nitrogen and oxygen atoms in total. The lowest BCUT2D eigenvalue weighted by molar-refractivity contribution is 0.0921. The van der Waals surface area contributed by atoms with Gasteiger partial charge in [0, 0.05) is 30.3 Å². The molecule has 0 aromatic heterocycles. The van der Waals surface area contributed by atoms with E-state index in [0.29, 0.717) is 18.7 Å². The lowest BCUT2D eigenvalue weighted by Crippen LogP contribution is -2.34. The van der Waals surface area contributed by atoms with E-state index >= 15 is 0 Å². The van der Waals surface area contributed by atoms with Crippen LogP contribution in [0.2, 0.25) is 0 Å². The maximum absolute atomic E-state index is 12.0. The van der Waals surface area contributed by atoms with E-state index in [-0.39, 0.29) is 11.3 Å². The van der Waals surface area contributed by atoms with E-state index in [1.165, 1.54) is 0 Å². The summed E-state index contributed by atoms with van der Waals surface area (Å²) >= 11 is 3.36. The fourth-order valence-electron chi connectivity index (χ4n) is 1.52. The fraction of sp³-hybridized carbons (Fsp3) is 0.500. The van der Waals surface area contributed by atoms with Crippen LogP contribution < -0.4 is 5.32 Å². The monoisotopic (exact) mass is 313 g/mol. The van der Waals surface area contributed by atoms with Gasteiger partial charge in [0.25, 0.3) is 5.91 Å². The van der Waals surface area contributed by atoms with Crippen LogP contribution in [0.15, 0.2) is 28.7 Å². The third-order valence-electron chi connectivity index (χ3n) is 2.80. The van der Waals surface area contributed by atoms with Crippen molar-refractivity contribution in [1.29, 1.82) is 0 Å². The van der Waals surface area contributed by atoms with Crippen LogP contribution in [-0.2, 0) is 4.74 Å². The standard InChI is InChI=1S/C14H20BrNO2/c1-14(2,7-8-18-3)10-16-13(17)11-5-4-6-12(15)9-11/h4-6,9H,7-8,10H2,1-3H3,(H,16,17). The third kappa shape index (κ3) is 5.19. The van der Waals surface area contributed by atoms with Crippen molar-refractivity contribution in [3.63, 3.8) is 0 Å². The number of methoxy groups -OCH3 is 1. The highest BCUT2D eigenvalue weighted by Gasteiger charge is 2.18. The number of carbonyl (C=O) groups is 1. The Hall–Kier alpha value is -0.870. The van der Waals surface area contributed by atoms with Crippen LogP contribution in [0.25, 0.3) is 0 Å². The molecule has 0 aliphatic heterocycles. The summed E-state index contributed by atoms with van der Waals surface area (Å²) in [6, 6.07) is 7.38. The van der Waals surface area contributed by atoms with E-state index in [9.17, 15) is 4.79 Å². The molecule has 0 atom stereocenters. The molecule has 1 rings (SSSR count). The second-order valence-corrected chi connectivity index (χ2v) is 6.02. The highest BCUT2D eigenvalue weighted by Crippen LogP contribution is 2.19. The Morgan fingerprint density at radius 2 is 2.17 bits per heavy atom. The van der Waals surface area contributed by atoms with Crippen LogP contribution in [0.3, 0.4) is 0 Å². The molecule has 0 aliphatic rings. The van der Waals surface area contributed by atoms with Crippen LogP contribution in [-0.4, -0.2) is 26.2 Å². The number of ether oxygens (including phenoxy) is 1. The molecule has 18 heavy (non-hydrogen) atoms. The van der Waals surface area contributed by atoms with Crippen LogP contribution in [0.4, 0.5) is 0 Å². The maximum Gasteiger partial charge on any atom is 0.251 e. The second-order valence-electron chi connectivity index (χ2n) is 5.10. The predicted octanol–water partition coefficient (Wildman–Crippen LogP) is 3.24. The van der Waals surface area contributed by atoms with Gasteiger partial charge in [-0.3, -0.25) is 4.79 Å². The number of carbonyl (C=O) groups excluding carboxylic acids is 1. The topological polar surface area (TPSA) is 38.3 Å². The first-order chi connectivity index (χ1) is 8.44. The van der Waals surface area contributed by atoms with E-state index in [1.54, 1.807) is 7.11 Å². The Morgan fingerprint density at radius 3 is 2.78 bits per heavy atom. The molecule has 1 aromatic carbocycles. The first kappa shape index (κ1) is 15.2. The van der Waals surface area contributed by atoms with Crippen molar-refractivity contribution >= 4 is 21.8 Å². The minimum absolute atomic E-state index is 0.0394. The molecule has 0 fully saturated rings. The number of hydrogen-bond donors (Lipinski definition) is 1. The summed E-state index contributed by atoms with van der Waals surface area (Å²) in [6.07, 6.45) is 0.919. The number of nitrogens with one attached hydrogen (secondary N) is 1. The quantitative estimate of drug-likeness (QED) is 0.875. The van der Waals surface area contributed by atoms with Crippen molar-refractivity contribution < 1.29 is 9.53 Å². The number of halogens is 1. The zero-order valence-electron chi connectivity index (χ0n) is 11.1. The van der Waals surface area contributed by atoms with E-state index in [4.69, 9.17) is 4.74 Å². The van der Waals surface area contributed by atoms with Gasteiger partial charge >= 0.3 is 0 Å². The Labute approximate surface area is 117 Å². The Balaban J connectivity index is 2.50. The smallest absolute Gasteiger partial charge is 0.251 e. The van der Waals surface area contributed by atoms with Gasteiger partial charge < -0.3 is 10.1 Å². The van der Waals surface area contributed by atoms with E-state index in [0.717, 1.165) is 10.9 Å². The summed E-state index contributed by atoms with van der Waals surface area (Å²) in [5.74, 6) is -0.0400. The summed E-state index contributed by atoms with van der Waals surface area (Å²) in [5, 5.41) is 2.96. The Bertz CT molecular complexity index is 405. The van der Waals surface area contributed by atoms with Crippen LogP contribution in [0.5, 0.6) is 0 Å². The van der Waals surface area contributed by atoms with Crippen molar-refractivity contribution in [2.75, 3.05) is 20.3 Å². The molecule has 0 spiro atoms. The average Bonchev–Trinajstić information content (AvgIpc) is 2.34. The molecule has 1 aromatic rings. The zero-order chi connectivity index (χ0) is 13.6. The van der Waals surface area contributed by atoms with Gasteiger partial charge in [0.15, 0.2) is 0 Å². The van der Waals surface area contributed by atoms with Gasteiger partial charge in [0.05, 0.1) is 0 Å². The van der Waals surface area contributed by atoms with Gasteiger partial charge in [-0.25, -0.2) is 0 Å². The van der Waals surface area contributed by atoms with Crippen LogP contribution in [0.1, 0.15) is 30.6 Å². The van der Waals surface area contributed by atoms with Crippen LogP contribution >= 0.6 is 15.9 Å². The van der Waals surface area contributed by atoms with Gasteiger partial charge in [-0.2, -0.15) is 0 Å². The average molecular weight is 314 g/mol.